The van der Waals surface area contributed by atoms with Gasteiger partial charge >= 0.3 is 0 Å². The van der Waals surface area contributed by atoms with E-state index in [0.717, 1.165) is 11.3 Å². The number of nitrogens with zero attached hydrogens (tertiary/aromatic N) is 4. The molecule has 0 saturated heterocycles. The molecule has 11 heteroatoms. The van der Waals surface area contributed by atoms with Crippen LogP contribution in [0.25, 0.3) is 11.1 Å². The molecule has 0 radical (unpaired) electrons. The van der Waals surface area contributed by atoms with Crippen molar-refractivity contribution in [2.75, 3.05) is 32.6 Å². The number of aromatic nitrogens is 2. The zero-order valence-electron chi connectivity index (χ0n) is 21.2. The van der Waals surface area contributed by atoms with Crippen LogP contribution in [0, 0.1) is 5.82 Å². The Labute approximate surface area is 225 Å². The van der Waals surface area contributed by atoms with Crippen LogP contribution in [0.3, 0.4) is 0 Å². The number of nitrogens with two attached hydrogens (primary N) is 1. The highest BCUT2D eigenvalue weighted by Gasteiger charge is 2.33. The number of ether oxygens (including phenoxy) is 1. The molecule has 4 N–H and O–H groups in total. The molecular weight excluding hydrogens is 511 g/mol. The van der Waals surface area contributed by atoms with Crippen molar-refractivity contribution in [1.29, 1.82) is 0 Å². The molecule has 38 heavy (non-hydrogen) atoms. The summed E-state index contributed by atoms with van der Waals surface area (Å²) in [7, 11) is 3.25. The Morgan fingerprint density at radius 2 is 2.18 bits per heavy atom. The third kappa shape index (κ3) is 5.88. The van der Waals surface area contributed by atoms with Crippen molar-refractivity contribution in [3.05, 3.63) is 82.7 Å². The maximum Gasteiger partial charge on any atom is 0.271 e. The van der Waals surface area contributed by atoms with Crippen molar-refractivity contribution in [1.82, 2.24) is 14.5 Å². The van der Waals surface area contributed by atoms with Gasteiger partial charge in [-0.1, -0.05) is 17.7 Å². The summed E-state index contributed by atoms with van der Waals surface area (Å²) in [5, 5.41) is 13.4. The summed E-state index contributed by atoms with van der Waals surface area (Å²) >= 11 is 6.51. The number of carbonyl (C=O) groups is 1. The second kappa shape index (κ2) is 12.2. The number of rotatable bonds is 10. The number of nitrogens with one attached hydrogen (secondary N) is 1. The number of aliphatic hydroxyl groups excluding tert-OH is 1. The summed E-state index contributed by atoms with van der Waals surface area (Å²) in [6.07, 6.45) is 6.56. The monoisotopic (exact) mass is 540 g/mol. The first-order valence-corrected chi connectivity index (χ1v) is 12.4. The van der Waals surface area contributed by atoms with E-state index in [4.69, 9.17) is 22.1 Å². The maximum absolute atomic E-state index is 14.0. The van der Waals surface area contributed by atoms with Crippen LogP contribution in [0.15, 0.2) is 60.0 Å². The van der Waals surface area contributed by atoms with Crippen molar-refractivity contribution < 1.29 is 19.0 Å². The summed E-state index contributed by atoms with van der Waals surface area (Å²) in [6.45, 7) is 1.09. The highest BCUT2D eigenvalue weighted by molar-refractivity contribution is 6.33. The minimum atomic E-state index is -0.427. The Hall–Kier alpha value is -3.73. The summed E-state index contributed by atoms with van der Waals surface area (Å²) in [4.78, 5) is 23.8. The Kier molecular flexibility index (Phi) is 8.77. The zero-order valence-corrected chi connectivity index (χ0v) is 22.0. The van der Waals surface area contributed by atoms with Gasteiger partial charge in [-0.2, -0.15) is 0 Å². The molecule has 200 valence electrons. The Balaban J connectivity index is 1.64. The number of anilines is 1. The molecule has 0 fully saturated rings. The molecule has 0 spiro atoms. The number of benzene rings is 1. The number of hydrogen-bond donors (Lipinski definition) is 3. The van der Waals surface area contributed by atoms with E-state index in [9.17, 15) is 14.3 Å². The number of carbonyl (C=O) groups excluding carboxylic acids is 1. The van der Waals surface area contributed by atoms with Gasteiger partial charge in [0.2, 0.25) is 0 Å². The van der Waals surface area contributed by atoms with Crippen LogP contribution in [-0.4, -0.2) is 64.5 Å². The van der Waals surface area contributed by atoms with Gasteiger partial charge in [0, 0.05) is 50.8 Å². The molecule has 1 atom stereocenters. The lowest BCUT2D eigenvalue weighted by Crippen LogP contribution is -2.49. The predicted octanol–water partition coefficient (Wildman–Crippen LogP) is 3.46. The van der Waals surface area contributed by atoms with E-state index in [1.807, 2.05) is 16.8 Å². The Bertz CT molecular complexity index is 1370. The van der Waals surface area contributed by atoms with E-state index in [-0.39, 0.29) is 25.1 Å². The van der Waals surface area contributed by atoms with Gasteiger partial charge in [-0.05, 0) is 47.7 Å². The van der Waals surface area contributed by atoms with Crippen molar-refractivity contribution in [3.8, 4) is 11.1 Å². The van der Waals surface area contributed by atoms with E-state index in [2.05, 4.69) is 15.3 Å². The summed E-state index contributed by atoms with van der Waals surface area (Å²) in [5.74, 6) is -0.0599. The summed E-state index contributed by atoms with van der Waals surface area (Å²) in [6, 6.07) is 7.50. The molecule has 9 nitrogen and oxygen atoms in total. The van der Waals surface area contributed by atoms with Gasteiger partial charge in [0.25, 0.3) is 5.91 Å². The van der Waals surface area contributed by atoms with E-state index in [0.29, 0.717) is 52.9 Å². The van der Waals surface area contributed by atoms with Crippen LogP contribution in [0.2, 0.25) is 5.02 Å². The number of methoxy groups -OCH3 is 1. The molecule has 1 aromatic carbocycles. The quantitative estimate of drug-likeness (QED) is 0.339. The zero-order chi connectivity index (χ0) is 27.2. The molecule has 0 bridgehead atoms. The van der Waals surface area contributed by atoms with Crippen molar-refractivity contribution in [3.63, 3.8) is 0 Å². The van der Waals surface area contributed by atoms with E-state index >= 15 is 0 Å². The highest BCUT2D eigenvalue weighted by Crippen LogP contribution is 2.33. The normalized spacial score (nSPS) is 15.8. The molecule has 3 aromatic rings. The molecule has 4 rings (SSSR count). The summed E-state index contributed by atoms with van der Waals surface area (Å²) < 4.78 is 21.3. The number of aliphatic imine (C=N–C) groups is 1. The van der Waals surface area contributed by atoms with Crippen molar-refractivity contribution in [2.24, 2.45) is 10.7 Å². The highest BCUT2D eigenvalue weighted by atomic mass is 35.5. The lowest BCUT2D eigenvalue weighted by atomic mass is 10.0. The largest absolute Gasteiger partial charge is 0.405 e. The van der Waals surface area contributed by atoms with Crippen molar-refractivity contribution in [2.45, 2.75) is 25.7 Å². The number of amides is 1. The molecule has 0 aliphatic carbocycles. The standard InChI is InChI=1S/C27H30ClFN6O3/c1-31-21(5-6-30)10-32-26-9-23(24(28)11-33-26)19-8-25-27(37)35(22(16-38-2)14-34(25)12-19)13-18-7-20(29)4-3-17(18)15-36/h3-9,11-12,22,36H,10,13-16,30H2,1-2H3,(H,32,33)/t22-/m1/s1. The number of halogens is 2. The van der Waals surface area contributed by atoms with Gasteiger partial charge in [-0.3, -0.25) is 9.79 Å². The molecule has 2 aromatic heterocycles. The molecule has 0 unspecified atom stereocenters. The number of aliphatic hydroxyl groups is 1. The van der Waals surface area contributed by atoms with E-state index in [1.165, 1.54) is 24.4 Å². The van der Waals surface area contributed by atoms with Crippen LogP contribution in [0.1, 0.15) is 21.6 Å². The van der Waals surface area contributed by atoms with E-state index < -0.39 is 5.82 Å². The topological polar surface area (TPSA) is 118 Å². The van der Waals surface area contributed by atoms with Gasteiger partial charge in [0.15, 0.2) is 0 Å². The maximum atomic E-state index is 14.0. The second-order valence-electron chi connectivity index (χ2n) is 8.86. The third-order valence-corrected chi connectivity index (χ3v) is 6.76. The van der Waals surface area contributed by atoms with Gasteiger partial charge in [0.1, 0.15) is 17.3 Å². The number of hydrogen-bond acceptors (Lipinski definition) is 7. The minimum Gasteiger partial charge on any atom is -0.405 e. The SMILES string of the molecule is CN=C(C=CN)CNc1cc(-c2cc3n(c2)C[C@H](COC)N(Cc2cc(F)ccc2CO)C3=O)c(Cl)cn1. The lowest BCUT2D eigenvalue weighted by Gasteiger charge is -2.36. The fourth-order valence-corrected chi connectivity index (χ4v) is 4.72. The third-order valence-electron chi connectivity index (χ3n) is 6.46. The summed E-state index contributed by atoms with van der Waals surface area (Å²) in [5.41, 5.74) is 9.29. The molecule has 3 heterocycles. The van der Waals surface area contributed by atoms with Gasteiger partial charge in [0.05, 0.1) is 36.5 Å². The fourth-order valence-electron chi connectivity index (χ4n) is 4.50. The molecule has 1 amide bonds. The van der Waals surface area contributed by atoms with Crippen LogP contribution in [-0.2, 0) is 24.4 Å². The van der Waals surface area contributed by atoms with Crippen LogP contribution in [0.5, 0.6) is 0 Å². The predicted molar refractivity (Wildman–Crippen MR) is 146 cm³/mol. The van der Waals surface area contributed by atoms with Gasteiger partial charge in [-0.25, -0.2) is 9.37 Å². The molecule has 1 aliphatic rings. The Morgan fingerprint density at radius 3 is 2.89 bits per heavy atom. The minimum absolute atomic E-state index is 0.143. The Morgan fingerprint density at radius 1 is 1.37 bits per heavy atom. The van der Waals surface area contributed by atoms with E-state index in [1.54, 1.807) is 37.4 Å². The average Bonchev–Trinajstić information content (AvgIpc) is 3.34. The van der Waals surface area contributed by atoms with Gasteiger partial charge < -0.3 is 30.4 Å². The molecule has 1 aliphatic heterocycles. The molecule has 0 saturated carbocycles. The first-order chi connectivity index (χ1) is 18.4. The first kappa shape index (κ1) is 27.3. The lowest BCUT2D eigenvalue weighted by molar-refractivity contribution is 0.0386. The molecular formula is C27H30ClFN6O3. The first-order valence-electron chi connectivity index (χ1n) is 12.0. The fraction of sp³-hybridized carbons (Fsp3) is 0.296. The average molecular weight is 541 g/mol. The second-order valence-corrected chi connectivity index (χ2v) is 9.26. The smallest absolute Gasteiger partial charge is 0.271 e. The van der Waals surface area contributed by atoms with Crippen LogP contribution >= 0.6 is 11.6 Å². The van der Waals surface area contributed by atoms with Crippen LogP contribution in [0.4, 0.5) is 10.2 Å². The van der Waals surface area contributed by atoms with Crippen LogP contribution < -0.4 is 11.1 Å². The number of fused-ring (bicyclic) bond motifs is 1. The number of pyridine rings is 1. The van der Waals surface area contributed by atoms with Gasteiger partial charge in [-0.15, -0.1) is 0 Å². The van der Waals surface area contributed by atoms with Crippen molar-refractivity contribution >= 4 is 29.0 Å².